The SMILES string of the molecule is Cl.[B][B][B]CC. The molecule has 0 bridgehead atoms. The Bertz CT molecular complexity index is 16.3. The summed E-state index contributed by atoms with van der Waals surface area (Å²) < 4.78 is 0. The Morgan fingerprint density at radius 2 is 2.17 bits per heavy atom. The lowest BCUT2D eigenvalue weighted by Crippen LogP contribution is -1.98. The molecule has 0 saturated heterocycles. The van der Waals surface area contributed by atoms with Gasteiger partial charge in [-0.25, -0.2) is 0 Å². The lowest BCUT2D eigenvalue weighted by Gasteiger charge is -1.74. The third-order valence-corrected chi connectivity index (χ3v) is 0.372. The van der Waals surface area contributed by atoms with E-state index >= 15 is 0 Å². The molecule has 0 spiro atoms. The van der Waals surface area contributed by atoms with E-state index in [0.29, 0.717) is 0 Å². The van der Waals surface area contributed by atoms with Crippen LogP contribution in [0, 0.1) is 0 Å². The normalized spacial score (nSPS) is 5.50. The highest BCUT2D eigenvalue weighted by Gasteiger charge is 1.73. The summed E-state index contributed by atoms with van der Waals surface area (Å²) in [6.45, 7) is 2.04. The molecule has 6 heavy (non-hydrogen) atoms. The van der Waals surface area contributed by atoms with E-state index in [1.165, 1.54) is 0 Å². The van der Waals surface area contributed by atoms with Crippen molar-refractivity contribution in [2.75, 3.05) is 0 Å². The van der Waals surface area contributed by atoms with Gasteiger partial charge in [0.1, 0.15) is 0 Å². The third kappa shape index (κ3) is 8.82. The molecule has 0 aromatic heterocycles. The fourth-order valence-corrected chi connectivity index (χ4v) is 0.136. The molecule has 0 amide bonds. The maximum absolute atomic E-state index is 4.96. The van der Waals surface area contributed by atoms with Gasteiger partial charge in [0.25, 0.3) is 0 Å². The second-order valence-corrected chi connectivity index (χ2v) is 0.836. The van der Waals surface area contributed by atoms with Crippen molar-refractivity contribution < 1.29 is 0 Å². The van der Waals surface area contributed by atoms with Crippen LogP contribution in [0.4, 0.5) is 0 Å². The molecule has 0 rings (SSSR count). The first-order valence-corrected chi connectivity index (χ1v) is 1.78. The molecule has 0 aliphatic carbocycles. The zero-order chi connectivity index (χ0) is 4.12. The minimum atomic E-state index is 0. The zero-order valence-corrected chi connectivity index (χ0v) is 4.66. The van der Waals surface area contributed by atoms with Gasteiger partial charge < -0.3 is 0 Å². The predicted octanol–water partition coefficient (Wildman–Crippen LogP) is 0.253. The first-order valence-electron chi connectivity index (χ1n) is 1.78. The van der Waals surface area contributed by atoms with Crippen LogP contribution in [0.3, 0.4) is 0 Å². The largest absolute Gasteiger partial charge is 0.147 e. The Morgan fingerprint density at radius 1 is 1.67 bits per heavy atom. The van der Waals surface area contributed by atoms with E-state index in [0.717, 1.165) is 6.32 Å². The highest BCUT2D eigenvalue weighted by molar-refractivity contribution is 7.23. The van der Waals surface area contributed by atoms with Gasteiger partial charge in [-0.2, -0.15) is 0 Å². The van der Waals surface area contributed by atoms with Gasteiger partial charge in [-0.15, -0.1) is 12.4 Å². The lowest BCUT2D eigenvalue weighted by molar-refractivity contribution is 1.47. The number of halogens is 1. The molecule has 30 valence electrons. The Kier molecular flexibility index (Phi) is 14.7. The van der Waals surface area contributed by atoms with Crippen molar-refractivity contribution in [3.8, 4) is 0 Å². The molecule has 0 aromatic rings. The van der Waals surface area contributed by atoms with Crippen molar-refractivity contribution in [1.82, 2.24) is 0 Å². The van der Waals surface area contributed by atoms with Crippen molar-refractivity contribution in [2.45, 2.75) is 13.2 Å². The number of hydrogen-bond donors (Lipinski definition) is 0. The van der Waals surface area contributed by atoms with Crippen LogP contribution in [0.1, 0.15) is 6.92 Å². The molecule has 0 fully saturated rings. The van der Waals surface area contributed by atoms with Gasteiger partial charge in [0, 0.05) is 14.8 Å². The van der Waals surface area contributed by atoms with Crippen LogP contribution in [-0.4, -0.2) is 22.0 Å². The average Bonchev–Trinajstić information content (AvgIpc) is 1.41. The summed E-state index contributed by atoms with van der Waals surface area (Å²) in [5.41, 5.74) is 0. The first-order chi connectivity index (χ1) is 2.41. The summed E-state index contributed by atoms with van der Waals surface area (Å²) >= 11 is 0. The average molecular weight is 98.0 g/mol. The predicted molar refractivity (Wildman–Crippen MR) is 35.0 cm³/mol. The Balaban J connectivity index is 0. The fourth-order valence-electron chi connectivity index (χ4n) is 0.136. The topological polar surface area (TPSA) is 0 Å². The molecule has 0 heterocycles. The molecular weight excluding hydrogens is 91.9 g/mol. The maximum Gasteiger partial charge on any atom is 0.0541 e. The van der Waals surface area contributed by atoms with Crippen LogP contribution in [0.2, 0.25) is 6.32 Å². The first kappa shape index (κ1) is 9.70. The summed E-state index contributed by atoms with van der Waals surface area (Å²) in [7, 11) is 8.42. The van der Waals surface area contributed by atoms with Crippen molar-refractivity contribution >= 4 is 34.4 Å². The van der Waals surface area contributed by atoms with E-state index < -0.39 is 0 Å². The van der Waals surface area contributed by atoms with Crippen LogP contribution in [0.5, 0.6) is 0 Å². The standard InChI is InChI=1S/C2H5B3.ClH/c1-2-4-5-3;/h2H2,1H3;1H. The van der Waals surface area contributed by atoms with E-state index in [2.05, 4.69) is 0 Å². The molecule has 0 aliphatic heterocycles. The van der Waals surface area contributed by atoms with Crippen molar-refractivity contribution in [1.29, 1.82) is 0 Å². The summed E-state index contributed by atoms with van der Waals surface area (Å²) in [4.78, 5) is 0. The molecule has 0 nitrogen and oxygen atoms in total. The van der Waals surface area contributed by atoms with Crippen molar-refractivity contribution in [3.05, 3.63) is 0 Å². The Labute approximate surface area is 48.3 Å². The number of rotatable bonds is 2. The highest BCUT2D eigenvalue weighted by atomic mass is 35.5. The Hall–Kier alpha value is 0.485. The molecule has 0 aromatic carbocycles. The van der Waals surface area contributed by atoms with Crippen LogP contribution in [0.25, 0.3) is 0 Å². The molecule has 4 radical (unpaired) electrons. The van der Waals surface area contributed by atoms with Gasteiger partial charge in [0.2, 0.25) is 0 Å². The molecule has 0 saturated carbocycles. The zero-order valence-electron chi connectivity index (χ0n) is 3.85. The van der Waals surface area contributed by atoms with Crippen LogP contribution >= 0.6 is 12.4 Å². The molecule has 4 heteroatoms. The summed E-state index contributed by atoms with van der Waals surface area (Å²) in [5, 5.41) is 0. The van der Waals surface area contributed by atoms with E-state index in [4.69, 9.17) is 7.74 Å². The quantitative estimate of drug-likeness (QED) is 0.434. The van der Waals surface area contributed by atoms with Gasteiger partial charge in [-0.3, -0.25) is 0 Å². The fraction of sp³-hybridized carbons (Fsp3) is 1.00. The lowest BCUT2D eigenvalue weighted by atomic mass is 9.27. The summed E-state index contributed by atoms with van der Waals surface area (Å²) in [5.74, 6) is 0. The summed E-state index contributed by atoms with van der Waals surface area (Å²) in [6.07, 6.45) is 1.04. The van der Waals surface area contributed by atoms with Gasteiger partial charge in [0.05, 0.1) is 7.17 Å². The third-order valence-electron chi connectivity index (χ3n) is 0.372. The van der Waals surface area contributed by atoms with Crippen LogP contribution in [-0.2, 0) is 0 Å². The minimum Gasteiger partial charge on any atom is -0.147 e. The van der Waals surface area contributed by atoms with Crippen LogP contribution in [0.15, 0.2) is 0 Å². The van der Waals surface area contributed by atoms with Gasteiger partial charge >= 0.3 is 0 Å². The van der Waals surface area contributed by atoms with E-state index in [1.807, 2.05) is 14.1 Å². The van der Waals surface area contributed by atoms with Gasteiger partial charge in [-0.05, 0) is 0 Å². The van der Waals surface area contributed by atoms with E-state index in [9.17, 15) is 0 Å². The monoisotopic (exact) mass is 98.0 g/mol. The minimum absolute atomic E-state index is 0. The van der Waals surface area contributed by atoms with E-state index in [-0.39, 0.29) is 12.4 Å². The number of hydrogen-bond acceptors (Lipinski definition) is 0. The van der Waals surface area contributed by atoms with E-state index in [1.54, 1.807) is 7.06 Å². The molecular formula is C2H6B3Cl. The molecule has 0 aliphatic rings. The second-order valence-electron chi connectivity index (χ2n) is 0.836. The molecule has 0 unspecified atom stereocenters. The smallest absolute Gasteiger partial charge is 0.0541 e. The maximum atomic E-state index is 4.96. The van der Waals surface area contributed by atoms with Gasteiger partial charge in [-0.1, -0.05) is 13.2 Å². The highest BCUT2D eigenvalue weighted by Crippen LogP contribution is 1.63. The van der Waals surface area contributed by atoms with Crippen LogP contribution < -0.4 is 0 Å². The second kappa shape index (κ2) is 9.08. The van der Waals surface area contributed by atoms with Crippen molar-refractivity contribution in [2.24, 2.45) is 0 Å². The summed E-state index contributed by atoms with van der Waals surface area (Å²) in [6, 6.07) is 0. The molecule has 0 atom stereocenters. The van der Waals surface area contributed by atoms with Crippen molar-refractivity contribution in [3.63, 3.8) is 0 Å². The molecule has 0 N–H and O–H groups in total. The Morgan fingerprint density at radius 3 is 2.17 bits per heavy atom. The van der Waals surface area contributed by atoms with Gasteiger partial charge in [0.15, 0.2) is 0 Å².